The molecule has 0 heterocycles. The van der Waals surface area contributed by atoms with Crippen LogP contribution in [0.3, 0.4) is 0 Å². The monoisotopic (exact) mass is 194 g/mol. The second kappa shape index (κ2) is 4.17. The van der Waals surface area contributed by atoms with E-state index in [2.05, 4.69) is 12.6 Å². The van der Waals surface area contributed by atoms with Crippen molar-refractivity contribution in [3.05, 3.63) is 23.8 Å². The third-order valence-corrected chi connectivity index (χ3v) is 2.00. The molecular formula is C9H10N2OS. The van der Waals surface area contributed by atoms with Gasteiger partial charge in [-0.3, -0.25) is 0 Å². The minimum absolute atomic E-state index is 0.0928. The van der Waals surface area contributed by atoms with E-state index in [1.54, 1.807) is 12.1 Å². The smallest absolute Gasteiger partial charge is 0.121 e. The molecule has 0 aliphatic rings. The van der Waals surface area contributed by atoms with Gasteiger partial charge < -0.3 is 10.8 Å². The van der Waals surface area contributed by atoms with E-state index in [9.17, 15) is 5.11 Å². The van der Waals surface area contributed by atoms with Gasteiger partial charge in [-0.05, 0) is 12.1 Å². The molecule has 1 aromatic carbocycles. The van der Waals surface area contributed by atoms with Crippen molar-refractivity contribution >= 4 is 12.6 Å². The molecule has 4 heteroatoms. The molecule has 0 spiro atoms. The predicted octanol–water partition coefficient (Wildman–Crippen LogP) is 1.59. The van der Waals surface area contributed by atoms with E-state index in [4.69, 9.17) is 11.0 Å². The largest absolute Gasteiger partial charge is 0.508 e. The summed E-state index contributed by atoms with van der Waals surface area (Å²) in [5, 5.41) is 17.9. The first-order valence-corrected chi connectivity index (χ1v) is 4.24. The van der Waals surface area contributed by atoms with Gasteiger partial charge in [-0.15, -0.1) is 12.6 Å². The van der Waals surface area contributed by atoms with Crippen molar-refractivity contribution in [3.63, 3.8) is 0 Å². The summed E-state index contributed by atoms with van der Waals surface area (Å²) >= 11 is 4.06. The number of rotatable bonds is 2. The second-order valence-electron chi connectivity index (χ2n) is 2.71. The maximum Gasteiger partial charge on any atom is 0.121 e. The van der Waals surface area contributed by atoms with Crippen molar-refractivity contribution < 1.29 is 5.11 Å². The van der Waals surface area contributed by atoms with Gasteiger partial charge in [-0.2, -0.15) is 5.26 Å². The summed E-state index contributed by atoms with van der Waals surface area (Å²) in [5.41, 5.74) is 6.23. The fourth-order valence-electron chi connectivity index (χ4n) is 1.05. The van der Waals surface area contributed by atoms with Crippen LogP contribution in [0.25, 0.3) is 0 Å². The highest BCUT2D eigenvalue weighted by Gasteiger charge is 2.09. The number of phenols is 1. The van der Waals surface area contributed by atoms with Gasteiger partial charge in [0.15, 0.2) is 0 Å². The van der Waals surface area contributed by atoms with Crippen LogP contribution >= 0.6 is 12.6 Å². The maximum atomic E-state index is 9.45. The summed E-state index contributed by atoms with van der Waals surface area (Å²) < 4.78 is 0. The van der Waals surface area contributed by atoms with Gasteiger partial charge in [0.1, 0.15) is 5.75 Å². The van der Waals surface area contributed by atoms with Gasteiger partial charge in [-0.1, -0.05) is 6.07 Å². The van der Waals surface area contributed by atoms with Gasteiger partial charge in [0.05, 0.1) is 12.5 Å². The number of phenolic OH excluding ortho intramolecular Hbond substituents is 1. The molecule has 1 atom stereocenters. The fraction of sp³-hybridized carbons (Fsp3) is 0.222. The first-order chi connectivity index (χ1) is 6.15. The molecule has 0 saturated carbocycles. The van der Waals surface area contributed by atoms with Crippen LogP contribution in [0.5, 0.6) is 5.75 Å². The maximum absolute atomic E-state index is 9.45. The molecule has 68 valence electrons. The lowest BCUT2D eigenvalue weighted by Crippen LogP contribution is -2.09. The summed E-state index contributed by atoms with van der Waals surface area (Å²) in [7, 11) is 0. The van der Waals surface area contributed by atoms with Crippen molar-refractivity contribution in [2.24, 2.45) is 5.73 Å². The highest BCUT2D eigenvalue weighted by molar-refractivity contribution is 7.80. The van der Waals surface area contributed by atoms with Crippen LogP contribution in [-0.4, -0.2) is 5.11 Å². The normalized spacial score (nSPS) is 12.1. The Hall–Kier alpha value is -1.18. The zero-order chi connectivity index (χ0) is 9.84. The Morgan fingerprint density at radius 3 is 2.85 bits per heavy atom. The Labute approximate surface area is 82.2 Å². The molecule has 0 aromatic heterocycles. The van der Waals surface area contributed by atoms with Crippen LogP contribution in [-0.2, 0) is 0 Å². The number of benzene rings is 1. The second-order valence-corrected chi connectivity index (χ2v) is 3.23. The number of hydrogen-bond acceptors (Lipinski definition) is 4. The molecule has 0 radical (unpaired) electrons. The molecule has 0 unspecified atom stereocenters. The third-order valence-electron chi connectivity index (χ3n) is 1.72. The Morgan fingerprint density at radius 2 is 2.31 bits per heavy atom. The number of hydrogen-bond donors (Lipinski definition) is 3. The van der Waals surface area contributed by atoms with Crippen LogP contribution in [0, 0.1) is 11.3 Å². The van der Waals surface area contributed by atoms with E-state index in [0.29, 0.717) is 10.5 Å². The van der Waals surface area contributed by atoms with Crippen molar-refractivity contribution in [2.45, 2.75) is 17.4 Å². The van der Waals surface area contributed by atoms with E-state index in [0.717, 1.165) is 0 Å². The molecule has 0 aliphatic heterocycles. The fourth-order valence-corrected chi connectivity index (χ4v) is 1.25. The molecule has 0 aliphatic carbocycles. The van der Waals surface area contributed by atoms with Crippen molar-refractivity contribution in [1.29, 1.82) is 5.26 Å². The lowest BCUT2D eigenvalue weighted by Gasteiger charge is -2.09. The predicted molar refractivity (Wildman–Crippen MR) is 52.5 cm³/mol. The van der Waals surface area contributed by atoms with Crippen LogP contribution in [0.15, 0.2) is 23.1 Å². The summed E-state index contributed by atoms with van der Waals surface area (Å²) in [6.45, 7) is 0. The van der Waals surface area contributed by atoms with E-state index < -0.39 is 6.04 Å². The number of nitriles is 1. The first kappa shape index (κ1) is 9.90. The van der Waals surface area contributed by atoms with E-state index >= 15 is 0 Å². The number of nitrogens with two attached hydrogens (primary N) is 1. The first-order valence-electron chi connectivity index (χ1n) is 3.79. The third kappa shape index (κ3) is 2.38. The highest BCUT2D eigenvalue weighted by Crippen LogP contribution is 2.26. The molecule has 13 heavy (non-hydrogen) atoms. The number of thiol groups is 1. The van der Waals surface area contributed by atoms with Crippen LogP contribution in [0.4, 0.5) is 0 Å². The van der Waals surface area contributed by atoms with Gasteiger partial charge in [-0.25, -0.2) is 0 Å². The van der Waals surface area contributed by atoms with Crippen molar-refractivity contribution in [2.75, 3.05) is 0 Å². The van der Waals surface area contributed by atoms with E-state index in [1.807, 2.05) is 6.07 Å². The summed E-state index contributed by atoms with van der Waals surface area (Å²) in [4.78, 5) is 0.672. The minimum Gasteiger partial charge on any atom is -0.508 e. The van der Waals surface area contributed by atoms with E-state index in [-0.39, 0.29) is 12.2 Å². The molecule has 0 fully saturated rings. The average Bonchev–Trinajstić information content (AvgIpc) is 2.04. The van der Waals surface area contributed by atoms with E-state index in [1.165, 1.54) is 6.07 Å². The van der Waals surface area contributed by atoms with Gasteiger partial charge in [0.25, 0.3) is 0 Å². The summed E-state index contributed by atoms with van der Waals surface area (Å²) in [6.07, 6.45) is 0.194. The Morgan fingerprint density at radius 1 is 1.62 bits per heavy atom. The van der Waals surface area contributed by atoms with Crippen molar-refractivity contribution in [3.8, 4) is 11.8 Å². The molecule has 0 amide bonds. The quantitative estimate of drug-likeness (QED) is 0.626. The standard InChI is InChI=1S/C9H10N2OS/c10-4-3-8(11)7-2-1-6(13)5-9(7)12/h1-2,5,8,12-13H,3,11H2/t8-/m1/s1. The SMILES string of the molecule is N#CC[C@@H](N)c1ccc(S)cc1O. The lowest BCUT2D eigenvalue weighted by molar-refractivity contribution is 0.460. The van der Waals surface area contributed by atoms with Crippen LogP contribution < -0.4 is 5.73 Å². The minimum atomic E-state index is -0.432. The number of aromatic hydroxyl groups is 1. The Bertz CT molecular complexity index is 346. The Balaban J connectivity index is 2.96. The van der Waals surface area contributed by atoms with Gasteiger partial charge >= 0.3 is 0 Å². The van der Waals surface area contributed by atoms with Crippen LogP contribution in [0.2, 0.25) is 0 Å². The van der Waals surface area contributed by atoms with Crippen LogP contribution in [0.1, 0.15) is 18.0 Å². The average molecular weight is 194 g/mol. The van der Waals surface area contributed by atoms with Crippen molar-refractivity contribution in [1.82, 2.24) is 0 Å². The van der Waals surface area contributed by atoms with Gasteiger partial charge in [0.2, 0.25) is 0 Å². The zero-order valence-electron chi connectivity index (χ0n) is 6.94. The molecule has 0 saturated heterocycles. The van der Waals surface area contributed by atoms with Gasteiger partial charge in [0, 0.05) is 16.5 Å². The molecule has 0 bridgehead atoms. The topological polar surface area (TPSA) is 70.0 Å². The summed E-state index contributed by atoms with van der Waals surface area (Å²) in [5.74, 6) is 0.0928. The summed E-state index contributed by atoms with van der Waals surface area (Å²) in [6, 6.07) is 6.44. The zero-order valence-corrected chi connectivity index (χ0v) is 7.83. The Kier molecular flexibility index (Phi) is 3.18. The molecule has 3 nitrogen and oxygen atoms in total. The molecule has 1 aromatic rings. The molecule has 3 N–H and O–H groups in total. The highest BCUT2D eigenvalue weighted by atomic mass is 32.1. The molecule has 1 rings (SSSR count). The lowest BCUT2D eigenvalue weighted by atomic mass is 10.0. The molecular weight excluding hydrogens is 184 g/mol. The number of nitrogens with zero attached hydrogens (tertiary/aromatic N) is 1.